The quantitative estimate of drug-likeness (QED) is 0.179. The zero-order valence-electron chi connectivity index (χ0n) is 26.9. The monoisotopic (exact) mass is 710 g/mol. The lowest BCUT2D eigenvalue weighted by molar-refractivity contribution is 0.410. The zero-order valence-corrected chi connectivity index (χ0v) is 28.5. The lowest BCUT2D eigenvalue weighted by Gasteiger charge is -2.16. The molecule has 0 amide bonds. The van der Waals surface area contributed by atoms with E-state index in [0.717, 1.165) is 40.7 Å². The third-order valence-corrected chi connectivity index (χ3v) is 13.2. The highest BCUT2D eigenvalue weighted by Crippen LogP contribution is 2.53. The van der Waals surface area contributed by atoms with Crippen LogP contribution in [0.15, 0.2) is 74.9 Å². The number of nitrogens with one attached hydrogen (secondary N) is 2. The Kier molecular flexibility index (Phi) is 7.37. The molecule has 2 aromatic carbocycles. The molecule has 2 aliphatic heterocycles. The number of halogens is 1. The molecule has 14 heteroatoms. The number of aromatic nitrogens is 4. The van der Waals surface area contributed by atoms with Crippen molar-refractivity contribution >= 4 is 37.3 Å². The maximum absolute atomic E-state index is 14.4. The van der Waals surface area contributed by atoms with Crippen LogP contribution in [0.5, 0.6) is 5.75 Å². The number of nitrogens with zero attached hydrogens (tertiary/aromatic N) is 4. The van der Waals surface area contributed by atoms with Crippen LogP contribution in [0.3, 0.4) is 0 Å². The summed E-state index contributed by atoms with van der Waals surface area (Å²) in [4.78, 5) is 22.9. The van der Waals surface area contributed by atoms with Crippen molar-refractivity contribution in [2.75, 3.05) is 19.0 Å². The standard InChI is InChI=1S/C36H31FN6O5S2/c1-47-27-6-2-4-22-23(27)12-14-24(22)40-34-32-20(15-16-38-34)18-28(49-32)30-29(35-41-42-36(44)48-35)25(13-9-19-7-10-21(37)11-8-19)39-31-26-5-3-17-43(26)50(45,46)33(30)31/h2,4,6-8,10-11,15-16,18,24,26H,3,5,9,12-14,17H2,1H3,(H,38,40)(H,42,44)/t24-,26+/m1/s1. The number of rotatable bonds is 8. The summed E-state index contributed by atoms with van der Waals surface area (Å²) in [6, 6.07) is 15.8. The Balaban J connectivity index is 1.23. The summed E-state index contributed by atoms with van der Waals surface area (Å²) in [5.74, 6) is 0.430. The van der Waals surface area contributed by atoms with E-state index in [2.05, 4.69) is 21.6 Å². The number of methoxy groups -OCH3 is 1. The van der Waals surface area contributed by atoms with Crippen molar-refractivity contribution in [1.82, 2.24) is 24.5 Å². The molecule has 6 heterocycles. The molecular formula is C36H31FN6O5S2. The molecule has 3 aliphatic rings. The number of thiophene rings is 1. The normalized spacial score (nSPS) is 19.1. The Morgan fingerprint density at radius 1 is 1.12 bits per heavy atom. The number of aromatic amines is 1. The number of hydrogen-bond donors (Lipinski definition) is 2. The number of hydrogen-bond acceptors (Lipinski definition) is 10. The van der Waals surface area contributed by atoms with Crippen LogP contribution in [0.1, 0.15) is 59.4 Å². The zero-order chi connectivity index (χ0) is 34.1. The predicted molar refractivity (Wildman–Crippen MR) is 186 cm³/mol. The smallest absolute Gasteiger partial charge is 0.434 e. The molecule has 2 N–H and O–H groups in total. The Morgan fingerprint density at radius 3 is 2.78 bits per heavy atom. The first-order valence-electron chi connectivity index (χ1n) is 16.5. The minimum Gasteiger partial charge on any atom is -0.496 e. The van der Waals surface area contributed by atoms with E-state index in [4.69, 9.17) is 19.1 Å². The molecule has 1 fully saturated rings. The van der Waals surface area contributed by atoms with E-state index in [9.17, 15) is 17.6 Å². The minimum atomic E-state index is -3.95. The molecule has 50 heavy (non-hydrogen) atoms. The fourth-order valence-corrected chi connectivity index (χ4v) is 11.0. The number of anilines is 1. The van der Waals surface area contributed by atoms with E-state index in [1.807, 2.05) is 24.3 Å². The second kappa shape index (κ2) is 11.9. The summed E-state index contributed by atoms with van der Waals surface area (Å²) in [5, 5.41) is 11.1. The first kappa shape index (κ1) is 31.1. The third kappa shape index (κ3) is 4.95. The number of benzene rings is 2. The number of sulfonamides is 1. The van der Waals surface area contributed by atoms with Crippen LogP contribution in [0.4, 0.5) is 10.2 Å². The summed E-state index contributed by atoms with van der Waals surface area (Å²) in [6.07, 6.45) is 5.75. The molecule has 0 radical (unpaired) electrons. The van der Waals surface area contributed by atoms with Gasteiger partial charge in [-0.05, 0) is 90.9 Å². The topological polar surface area (TPSA) is 143 Å². The van der Waals surface area contributed by atoms with Gasteiger partial charge in [-0.1, -0.05) is 24.3 Å². The minimum absolute atomic E-state index is 0.0217. The number of fused-ring (bicyclic) bond motifs is 5. The van der Waals surface area contributed by atoms with E-state index in [1.165, 1.54) is 38.9 Å². The molecule has 0 bridgehead atoms. The van der Waals surface area contributed by atoms with Gasteiger partial charge < -0.3 is 14.5 Å². The number of aryl methyl sites for hydroxylation is 2. The fourth-order valence-electron chi connectivity index (χ4n) is 7.76. The van der Waals surface area contributed by atoms with E-state index >= 15 is 0 Å². The summed E-state index contributed by atoms with van der Waals surface area (Å²) in [7, 11) is -2.26. The lowest BCUT2D eigenvalue weighted by Crippen LogP contribution is -2.23. The summed E-state index contributed by atoms with van der Waals surface area (Å²) in [5.41, 5.74) is 5.04. The SMILES string of the molecule is COc1cccc2c1CC[C@H]2Nc1nccc2cc(-c3c(-c4n[nH]c(=O)o4)c(CCc4ccc(F)cc4)nc4c3S(=O)(=O)N3CCC[C@@H]43)sc12. The van der Waals surface area contributed by atoms with Gasteiger partial charge >= 0.3 is 5.76 Å². The van der Waals surface area contributed by atoms with E-state index in [0.29, 0.717) is 59.0 Å². The number of H-pyrrole nitrogens is 1. The van der Waals surface area contributed by atoms with E-state index in [-0.39, 0.29) is 28.7 Å². The molecule has 254 valence electrons. The van der Waals surface area contributed by atoms with Crippen molar-refractivity contribution in [3.8, 4) is 27.6 Å². The second-order valence-corrected chi connectivity index (χ2v) is 15.7. The molecule has 2 atom stereocenters. The largest absolute Gasteiger partial charge is 0.496 e. The van der Waals surface area contributed by atoms with Crippen LogP contribution in [-0.4, -0.2) is 46.5 Å². The van der Waals surface area contributed by atoms with Gasteiger partial charge in [-0.3, -0.25) is 4.98 Å². The van der Waals surface area contributed by atoms with Gasteiger partial charge in [0, 0.05) is 23.2 Å². The average molecular weight is 711 g/mol. The Morgan fingerprint density at radius 2 is 1.98 bits per heavy atom. The molecule has 6 aromatic rings. The van der Waals surface area contributed by atoms with Crippen LogP contribution in [0.25, 0.3) is 32.0 Å². The maximum Gasteiger partial charge on any atom is 0.434 e. The van der Waals surface area contributed by atoms with Crippen molar-refractivity contribution in [2.24, 2.45) is 0 Å². The van der Waals surface area contributed by atoms with Crippen molar-refractivity contribution in [2.45, 2.75) is 55.5 Å². The van der Waals surface area contributed by atoms with Gasteiger partial charge in [0.1, 0.15) is 22.3 Å². The first-order chi connectivity index (χ1) is 24.3. The average Bonchev–Trinajstić information content (AvgIpc) is 3.95. The Hall–Kier alpha value is -4.92. The van der Waals surface area contributed by atoms with E-state index < -0.39 is 15.8 Å². The molecule has 0 unspecified atom stereocenters. The van der Waals surface area contributed by atoms with Gasteiger partial charge in [-0.15, -0.1) is 16.4 Å². The van der Waals surface area contributed by atoms with Crippen LogP contribution >= 0.6 is 11.3 Å². The molecule has 0 spiro atoms. The Labute approximate surface area is 290 Å². The Bertz CT molecular complexity index is 2480. The van der Waals surface area contributed by atoms with Crippen molar-refractivity contribution in [1.29, 1.82) is 0 Å². The van der Waals surface area contributed by atoms with Gasteiger partial charge in [0.15, 0.2) is 0 Å². The number of ether oxygens (including phenoxy) is 1. The fraction of sp³-hybridized carbons (Fsp3) is 0.278. The van der Waals surface area contributed by atoms with Crippen molar-refractivity contribution < 1.29 is 22.0 Å². The van der Waals surface area contributed by atoms with Gasteiger partial charge in [-0.25, -0.2) is 27.7 Å². The van der Waals surface area contributed by atoms with Crippen LogP contribution in [0, 0.1) is 5.82 Å². The molecular weight excluding hydrogens is 680 g/mol. The maximum atomic E-state index is 14.4. The molecule has 1 saturated heterocycles. The van der Waals surface area contributed by atoms with Crippen LogP contribution in [-0.2, 0) is 29.3 Å². The molecule has 4 aromatic heterocycles. The van der Waals surface area contributed by atoms with Crippen LogP contribution < -0.4 is 15.8 Å². The highest BCUT2D eigenvalue weighted by molar-refractivity contribution is 7.89. The predicted octanol–water partition coefficient (Wildman–Crippen LogP) is 6.57. The second-order valence-electron chi connectivity index (χ2n) is 12.8. The van der Waals surface area contributed by atoms with E-state index in [1.54, 1.807) is 25.4 Å². The summed E-state index contributed by atoms with van der Waals surface area (Å²) < 4.78 is 56.0. The molecule has 9 rings (SSSR count). The molecule has 1 aliphatic carbocycles. The highest BCUT2D eigenvalue weighted by atomic mass is 32.2. The van der Waals surface area contributed by atoms with Gasteiger partial charge in [0.05, 0.1) is 40.8 Å². The van der Waals surface area contributed by atoms with Gasteiger partial charge in [0.25, 0.3) is 5.89 Å². The third-order valence-electron chi connectivity index (χ3n) is 9.99. The lowest BCUT2D eigenvalue weighted by atomic mass is 9.96. The summed E-state index contributed by atoms with van der Waals surface area (Å²) >= 11 is 1.42. The van der Waals surface area contributed by atoms with Gasteiger partial charge in [0.2, 0.25) is 10.0 Å². The molecule has 11 nitrogen and oxygen atoms in total. The van der Waals surface area contributed by atoms with Gasteiger partial charge in [-0.2, -0.15) is 4.31 Å². The first-order valence-corrected chi connectivity index (χ1v) is 18.8. The molecule has 0 saturated carbocycles. The summed E-state index contributed by atoms with van der Waals surface area (Å²) in [6.45, 7) is 0.401. The van der Waals surface area contributed by atoms with Crippen LogP contribution in [0.2, 0.25) is 0 Å². The highest BCUT2D eigenvalue weighted by Gasteiger charge is 2.49. The van der Waals surface area contributed by atoms with Crippen molar-refractivity contribution in [3.63, 3.8) is 0 Å². The van der Waals surface area contributed by atoms with Crippen molar-refractivity contribution in [3.05, 3.63) is 105 Å². The number of pyridine rings is 2.